The topological polar surface area (TPSA) is 43.4 Å². The Morgan fingerprint density at radius 3 is 2.48 bits per heavy atom. The molecule has 21 heavy (non-hydrogen) atoms. The van der Waals surface area contributed by atoms with E-state index in [1.807, 2.05) is 26.8 Å². The van der Waals surface area contributed by atoms with Crippen LogP contribution >= 0.6 is 0 Å². The highest BCUT2D eigenvalue weighted by Gasteiger charge is 2.10. The van der Waals surface area contributed by atoms with Crippen LogP contribution in [0.5, 0.6) is 5.88 Å². The van der Waals surface area contributed by atoms with Crippen molar-refractivity contribution in [2.24, 2.45) is 0 Å². The Kier molecular flexibility index (Phi) is 7.12. The molecule has 0 atom stereocenters. The molecule has 0 radical (unpaired) electrons. The molecule has 1 aromatic heterocycles. The summed E-state index contributed by atoms with van der Waals surface area (Å²) >= 11 is 0. The van der Waals surface area contributed by atoms with Gasteiger partial charge in [-0.05, 0) is 44.9 Å². The molecule has 0 saturated heterocycles. The molecule has 0 unspecified atom stereocenters. The first kappa shape index (κ1) is 17.9. The van der Waals surface area contributed by atoms with Gasteiger partial charge in [-0.25, -0.2) is 4.98 Å². The summed E-state index contributed by atoms with van der Waals surface area (Å²) in [5.41, 5.74) is 2.15. The zero-order chi connectivity index (χ0) is 15.9. The number of ether oxygens (including phenoxy) is 2. The molecule has 0 aliphatic rings. The zero-order valence-corrected chi connectivity index (χ0v) is 14.3. The molecule has 0 spiro atoms. The van der Waals surface area contributed by atoms with Crippen LogP contribution in [0.4, 0.5) is 0 Å². The van der Waals surface area contributed by atoms with Crippen molar-refractivity contribution in [2.75, 3.05) is 19.8 Å². The van der Waals surface area contributed by atoms with Gasteiger partial charge in [-0.2, -0.15) is 0 Å². The lowest BCUT2D eigenvalue weighted by molar-refractivity contribution is -0.0168. The summed E-state index contributed by atoms with van der Waals surface area (Å²) in [6.45, 7) is 15.4. The average molecular weight is 294 g/mol. The lowest BCUT2D eigenvalue weighted by atomic mass is 10.1. The van der Waals surface area contributed by atoms with Crippen LogP contribution in [0.15, 0.2) is 12.1 Å². The smallest absolute Gasteiger partial charge is 0.213 e. The van der Waals surface area contributed by atoms with E-state index >= 15 is 0 Å². The quantitative estimate of drug-likeness (QED) is 0.745. The second-order valence-electron chi connectivity index (χ2n) is 6.48. The fourth-order valence-electron chi connectivity index (χ4n) is 1.82. The van der Waals surface area contributed by atoms with E-state index in [9.17, 15) is 0 Å². The largest absolute Gasteiger partial charge is 0.475 e. The van der Waals surface area contributed by atoms with Crippen LogP contribution in [0, 0.1) is 0 Å². The lowest BCUT2D eigenvalue weighted by Gasteiger charge is -2.19. The van der Waals surface area contributed by atoms with Gasteiger partial charge in [0.2, 0.25) is 5.88 Å². The van der Waals surface area contributed by atoms with Crippen molar-refractivity contribution >= 4 is 0 Å². The van der Waals surface area contributed by atoms with Crippen molar-refractivity contribution in [1.82, 2.24) is 10.3 Å². The van der Waals surface area contributed by atoms with Gasteiger partial charge in [-0.15, -0.1) is 0 Å². The third kappa shape index (κ3) is 7.44. The van der Waals surface area contributed by atoms with Crippen LogP contribution in [0.2, 0.25) is 0 Å². The van der Waals surface area contributed by atoms with Crippen LogP contribution < -0.4 is 10.1 Å². The number of rotatable bonds is 8. The Labute approximate surface area is 129 Å². The van der Waals surface area contributed by atoms with E-state index in [4.69, 9.17) is 9.47 Å². The number of hydrogen-bond acceptors (Lipinski definition) is 4. The van der Waals surface area contributed by atoms with Crippen molar-refractivity contribution < 1.29 is 9.47 Å². The van der Waals surface area contributed by atoms with Gasteiger partial charge in [-0.3, -0.25) is 0 Å². The van der Waals surface area contributed by atoms with E-state index in [1.165, 1.54) is 5.56 Å². The molecule has 4 heteroatoms. The van der Waals surface area contributed by atoms with Crippen LogP contribution in [0.1, 0.15) is 58.7 Å². The minimum absolute atomic E-state index is 0.132. The fourth-order valence-corrected chi connectivity index (χ4v) is 1.82. The first-order valence-electron chi connectivity index (χ1n) is 7.80. The SMILES string of the molecule is CCNCc1cc(OCCOC(C)(C)C)nc(C(C)C)c1. The first-order chi connectivity index (χ1) is 9.81. The Morgan fingerprint density at radius 2 is 1.90 bits per heavy atom. The normalized spacial score (nSPS) is 12.0. The second kappa shape index (κ2) is 8.35. The van der Waals surface area contributed by atoms with E-state index < -0.39 is 0 Å². The molecule has 0 bridgehead atoms. The molecule has 1 N–H and O–H groups in total. The number of nitrogens with one attached hydrogen (secondary N) is 1. The standard InChI is InChI=1S/C17H30N2O2/c1-7-18-12-14-10-15(13(2)3)19-16(11-14)20-8-9-21-17(4,5)6/h10-11,13,18H,7-9,12H2,1-6H3. The first-order valence-corrected chi connectivity index (χ1v) is 7.80. The molecule has 120 valence electrons. The molecule has 0 aliphatic carbocycles. The molecule has 0 saturated carbocycles. The van der Waals surface area contributed by atoms with Crippen molar-refractivity contribution in [3.8, 4) is 5.88 Å². The molecule has 1 aromatic rings. The summed E-state index contributed by atoms with van der Waals surface area (Å²) in [6, 6.07) is 4.15. The Balaban J connectivity index is 2.64. The minimum Gasteiger partial charge on any atom is -0.475 e. The molecular weight excluding hydrogens is 264 g/mol. The number of aromatic nitrogens is 1. The zero-order valence-electron chi connectivity index (χ0n) is 14.3. The van der Waals surface area contributed by atoms with Gasteiger partial charge in [0.1, 0.15) is 6.61 Å². The molecule has 0 fully saturated rings. The third-order valence-electron chi connectivity index (χ3n) is 2.92. The molecule has 1 heterocycles. The van der Waals surface area contributed by atoms with Crippen LogP contribution in [0.25, 0.3) is 0 Å². The van der Waals surface area contributed by atoms with Gasteiger partial charge in [0.15, 0.2) is 0 Å². The molecule has 0 aliphatic heterocycles. The summed E-state index contributed by atoms with van der Waals surface area (Å²) < 4.78 is 11.4. The van der Waals surface area contributed by atoms with Gasteiger partial charge < -0.3 is 14.8 Å². The highest BCUT2D eigenvalue weighted by Crippen LogP contribution is 2.19. The van der Waals surface area contributed by atoms with Gasteiger partial charge in [0.25, 0.3) is 0 Å². The predicted molar refractivity (Wildman–Crippen MR) is 86.9 cm³/mol. The van der Waals surface area contributed by atoms with Crippen LogP contribution in [0.3, 0.4) is 0 Å². The Hall–Kier alpha value is -1.13. The molecule has 0 amide bonds. The monoisotopic (exact) mass is 294 g/mol. The number of hydrogen-bond donors (Lipinski definition) is 1. The van der Waals surface area contributed by atoms with Crippen LogP contribution in [-0.2, 0) is 11.3 Å². The highest BCUT2D eigenvalue weighted by molar-refractivity contribution is 5.26. The summed E-state index contributed by atoms with van der Waals surface area (Å²) in [4.78, 5) is 4.57. The van der Waals surface area contributed by atoms with Crippen molar-refractivity contribution in [3.05, 3.63) is 23.4 Å². The minimum atomic E-state index is -0.132. The van der Waals surface area contributed by atoms with E-state index in [-0.39, 0.29) is 5.60 Å². The average Bonchev–Trinajstić information content (AvgIpc) is 2.40. The maximum Gasteiger partial charge on any atom is 0.213 e. The third-order valence-corrected chi connectivity index (χ3v) is 2.92. The summed E-state index contributed by atoms with van der Waals surface area (Å²) in [7, 11) is 0. The number of nitrogens with zero attached hydrogens (tertiary/aromatic N) is 1. The molecule has 4 nitrogen and oxygen atoms in total. The number of pyridine rings is 1. The maximum atomic E-state index is 5.75. The second-order valence-corrected chi connectivity index (χ2v) is 6.48. The summed E-state index contributed by atoms with van der Waals surface area (Å²) in [5.74, 6) is 1.08. The highest BCUT2D eigenvalue weighted by atomic mass is 16.5. The fraction of sp³-hybridized carbons (Fsp3) is 0.706. The Morgan fingerprint density at radius 1 is 1.19 bits per heavy atom. The van der Waals surface area contributed by atoms with Gasteiger partial charge in [0.05, 0.1) is 12.2 Å². The van der Waals surface area contributed by atoms with Gasteiger partial charge in [0, 0.05) is 18.3 Å². The Bertz CT molecular complexity index is 425. The van der Waals surface area contributed by atoms with Crippen molar-refractivity contribution in [2.45, 2.75) is 59.6 Å². The van der Waals surface area contributed by atoms with Crippen LogP contribution in [-0.4, -0.2) is 30.3 Å². The van der Waals surface area contributed by atoms with Crippen molar-refractivity contribution in [1.29, 1.82) is 0 Å². The lowest BCUT2D eigenvalue weighted by Crippen LogP contribution is -2.22. The molecule has 0 aromatic carbocycles. The summed E-state index contributed by atoms with van der Waals surface area (Å²) in [6.07, 6.45) is 0. The van der Waals surface area contributed by atoms with E-state index in [1.54, 1.807) is 0 Å². The van der Waals surface area contributed by atoms with Crippen molar-refractivity contribution in [3.63, 3.8) is 0 Å². The van der Waals surface area contributed by atoms with E-state index in [2.05, 4.69) is 37.1 Å². The molecule has 1 rings (SSSR count). The van der Waals surface area contributed by atoms with Gasteiger partial charge >= 0.3 is 0 Å². The van der Waals surface area contributed by atoms with E-state index in [0.29, 0.717) is 25.0 Å². The predicted octanol–water partition coefficient (Wildman–Crippen LogP) is 3.51. The van der Waals surface area contributed by atoms with Gasteiger partial charge in [-0.1, -0.05) is 20.8 Å². The van der Waals surface area contributed by atoms with E-state index in [0.717, 1.165) is 18.8 Å². The molecular formula is C17H30N2O2. The summed E-state index contributed by atoms with van der Waals surface area (Å²) in [5, 5.41) is 3.34. The maximum absolute atomic E-state index is 5.75.